The lowest BCUT2D eigenvalue weighted by molar-refractivity contribution is -0.148. The van der Waals surface area contributed by atoms with Gasteiger partial charge in [-0.3, -0.25) is 9.69 Å². The predicted octanol–water partition coefficient (Wildman–Crippen LogP) is 2.24. The Morgan fingerprint density at radius 3 is 2.63 bits per heavy atom. The van der Waals surface area contributed by atoms with Crippen LogP contribution in [0.1, 0.15) is 30.9 Å². The summed E-state index contributed by atoms with van der Waals surface area (Å²) in [7, 11) is 0. The molecular formula is C15H18N2O2. The van der Waals surface area contributed by atoms with E-state index < -0.39 is 11.4 Å². The Hall–Kier alpha value is -1.86. The second kappa shape index (κ2) is 5.41. The molecule has 100 valence electrons. The highest BCUT2D eigenvalue weighted by atomic mass is 16.4. The first-order chi connectivity index (χ1) is 9.09. The van der Waals surface area contributed by atoms with Crippen LogP contribution in [-0.2, 0) is 11.3 Å². The molecule has 0 aliphatic carbocycles. The zero-order chi connectivity index (χ0) is 13.9. The maximum atomic E-state index is 11.4. The van der Waals surface area contributed by atoms with Crippen LogP contribution in [0.3, 0.4) is 0 Å². The van der Waals surface area contributed by atoms with E-state index in [0.29, 0.717) is 18.5 Å². The third kappa shape index (κ3) is 2.77. The van der Waals surface area contributed by atoms with Crippen molar-refractivity contribution in [2.75, 3.05) is 13.1 Å². The van der Waals surface area contributed by atoms with Crippen LogP contribution in [0, 0.1) is 16.7 Å². The molecule has 1 aliphatic heterocycles. The van der Waals surface area contributed by atoms with E-state index in [9.17, 15) is 9.90 Å². The topological polar surface area (TPSA) is 64.3 Å². The van der Waals surface area contributed by atoms with E-state index in [1.807, 2.05) is 19.1 Å². The van der Waals surface area contributed by atoms with Gasteiger partial charge >= 0.3 is 5.97 Å². The second-order valence-electron chi connectivity index (χ2n) is 5.21. The van der Waals surface area contributed by atoms with Crippen LogP contribution in [0.2, 0.25) is 0 Å². The molecule has 0 spiro atoms. The van der Waals surface area contributed by atoms with E-state index in [2.05, 4.69) is 11.0 Å². The van der Waals surface area contributed by atoms with Crippen molar-refractivity contribution in [3.8, 4) is 6.07 Å². The van der Waals surface area contributed by atoms with Crippen LogP contribution in [0.4, 0.5) is 0 Å². The number of carboxylic acids is 1. The number of nitriles is 1. The second-order valence-corrected chi connectivity index (χ2v) is 5.21. The van der Waals surface area contributed by atoms with Gasteiger partial charge in [-0.25, -0.2) is 0 Å². The Balaban J connectivity index is 2.02. The number of likely N-dealkylation sites (tertiary alicyclic amines) is 1. The molecule has 1 N–H and O–H groups in total. The van der Waals surface area contributed by atoms with Gasteiger partial charge in [0.2, 0.25) is 0 Å². The summed E-state index contributed by atoms with van der Waals surface area (Å²) in [5, 5.41) is 18.1. The lowest BCUT2D eigenvalue weighted by Gasteiger charge is -2.23. The minimum Gasteiger partial charge on any atom is -0.481 e. The fourth-order valence-electron chi connectivity index (χ4n) is 2.65. The summed E-state index contributed by atoms with van der Waals surface area (Å²) in [5.74, 6) is -0.683. The van der Waals surface area contributed by atoms with Gasteiger partial charge in [-0.1, -0.05) is 19.1 Å². The normalized spacial score (nSPS) is 23.2. The molecule has 1 aliphatic rings. The quantitative estimate of drug-likeness (QED) is 0.899. The number of hydrogen-bond donors (Lipinski definition) is 1. The summed E-state index contributed by atoms with van der Waals surface area (Å²) in [6.45, 7) is 4.12. The number of benzene rings is 1. The Kier molecular flexibility index (Phi) is 3.87. The van der Waals surface area contributed by atoms with Crippen LogP contribution < -0.4 is 0 Å². The van der Waals surface area contributed by atoms with Gasteiger partial charge in [-0.2, -0.15) is 5.26 Å². The Bertz CT molecular complexity index is 504. The lowest BCUT2D eigenvalue weighted by atomic mass is 9.84. The van der Waals surface area contributed by atoms with Crippen molar-refractivity contribution in [3.05, 3.63) is 35.4 Å². The maximum Gasteiger partial charge on any atom is 0.310 e. The molecule has 1 unspecified atom stereocenters. The van der Waals surface area contributed by atoms with Gasteiger partial charge in [-0.15, -0.1) is 0 Å². The predicted molar refractivity (Wildman–Crippen MR) is 71.4 cm³/mol. The Morgan fingerprint density at radius 1 is 1.47 bits per heavy atom. The molecule has 0 saturated carbocycles. The van der Waals surface area contributed by atoms with Crippen molar-refractivity contribution in [2.24, 2.45) is 5.41 Å². The first-order valence-corrected chi connectivity index (χ1v) is 6.54. The molecule has 1 aromatic carbocycles. The van der Waals surface area contributed by atoms with Gasteiger partial charge in [0.15, 0.2) is 0 Å². The van der Waals surface area contributed by atoms with Crippen molar-refractivity contribution in [1.82, 2.24) is 4.90 Å². The number of nitrogens with zero attached hydrogens (tertiary/aromatic N) is 2. The summed E-state index contributed by atoms with van der Waals surface area (Å²) in [6, 6.07) is 9.57. The molecule has 4 heteroatoms. The highest BCUT2D eigenvalue weighted by molar-refractivity contribution is 5.75. The molecule has 0 amide bonds. The highest BCUT2D eigenvalue weighted by Crippen LogP contribution is 2.34. The van der Waals surface area contributed by atoms with Crippen molar-refractivity contribution < 1.29 is 9.90 Å². The van der Waals surface area contributed by atoms with Crippen LogP contribution in [0.25, 0.3) is 0 Å². The van der Waals surface area contributed by atoms with Gasteiger partial charge in [-0.05, 0) is 37.1 Å². The molecule has 2 rings (SSSR count). The first-order valence-electron chi connectivity index (χ1n) is 6.54. The molecule has 19 heavy (non-hydrogen) atoms. The van der Waals surface area contributed by atoms with Crippen LogP contribution >= 0.6 is 0 Å². The smallest absolute Gasteiger partial charge is 0.310 e. The number of rotatable bonds is 4. The van der Waals surface area contributed by atoms with Gasteiger partial charge in [0.25, 0.3) is 0 Å². The zero-order valence-corrected chi connectivity index (χ0v) is 11.1. The van der Waals surface area contributed by atoms with Crippen LogP contribution in [0.5, 0.6) is 0 Å². The number of carbonyl (C=O) groups is 1. The monoisotopic (exact) mass is 258 g/mol. The third-order valence-corrected chi connectivity index (χ3v) is 4.05. The van der Waals surface area contributed by atoms with Crippen LogP contribution in [-0.4, -0.2) is 29.1 Å². The molecule has 0 radical (unpaired) electrons. The van der Waals surface area contributed by atoms with E-state index in [4.69, 9.17) is 5.26 Å². The maximum absolute atomic E-state index is 11.4. The highest BCUT2D eigenvalue weighted by Gasteiger charge is 2.42. The number of aliphatic carboxylic acids is 1. The molecule has 1 aromatic rings. The standard InChI is InChI=1S/C15H18N2O2/c1-2-15(14(18)19)7-8-17(11-15)10-13-5-3-12(9-16)4-6-13/h3-6H,2,7-8,10-11H2,1H3,(H,18,19). The minimum atomic E-state index is -0.683. The van der Waals surface area contributed by atoms with E-state index in [-0.39, 0.29) is 0 Å². The van der Waals surface area contributed by atoms with E-state index >= 15 is 0 Å². The SMILES string of the molecule is CCC1(C(=O)O)CCN(Cc2ccc(C#N)cc2)C1. The van der Waals surface area contributed by atoms with Gasteiger partial charge < -0.3 is 5.11 Å². The third-order valence-electron chi connectivity index (χ3n) is 4.05. The van der Waals surface area contributed by atoms with Gasteiger partial charge in [0, 0.05) is 13.1 Å². The van der Waals surface area contributed by atoms with Crippen LogP contribution in [0.15, 0.2) is 24.3 Å². The molecule has 0 aromatic heterocycles. The average molecular weight is 258 g/mol. The molecule has 0 bridgehead atoms. The van der Waals surface area contributed by atoms with Gasteiger partial charge in [0.1, 0.15) is 0 Å². The summed E-state index contributed by atoms with van der Waals surface area (Å²) >= 11 is 0. The fraction of sp³-hybridized carbons (Fsp3) is 0.467. The number of hydrogen-bond acceptors (Lipinski definition) is 3. The van der Waals surface area contributed by atoms with Crippen molar-refractivity contribution in [2.45, 2.75) is 26.3 Å². The zero-order valence-electron chi connectivity index (χ0n) is 11.1. The van der Waals surface area contributed by atoms with E-state index in [1.165, 1.54) is 0 Å². The first kappa shape index (κ1) is 13.6. The van der Waals surface area contributed by atoms with Crippen molar-refractivity contribution >= 4 is 5.97 Å². The molecule has 1 atom stereocenters. The Morgan fingerprint density at radius 2 is 2.16 bits per heavy atom. The van der Waals surface area contributed by atoms with Gasteiger partial charge in [0.05, 0.1) is 17.0 Å². The number of carboxylic acid groups (broad SMARTS) is 1. The Labute approximate surface area is 113 Å². The summed E-state index contributed by atoms with van der Waals surface area (Å²) in [6.07, 6.45) is 1.39. The van der Waals surface area contributed by atoms with Crippen molar-refractivity contribution in [3.63, 3.8) is 0 Å². The summed E-state index contributed by atoms with van der Waals surface area (Å²) < 4.78 is 0. The summed E-state index contributed by atoms with van der Waals surface area (Å²) in [4.78, 5) is 13.6. The molecular weight excluding hydrogens is 240 g/mol. The molecule has 1 heterocycles. The van der Waals surface area contributed by atoms with E-state index in [1.54, 1.807) is 12.1 Å². The summed E-state index contributed by atoms with van der Waals surface area (Å²) in [5.41, 5.74) is 1.20. The molecule has 1 saturated heterocycles. The van der Waals surface area contributed by atoms with Crippen molar-refractivity contribution in [1.29, 1.82) is 5.26 Å². The fourth-order valence-corrected chi connectivity index (χ4v) is 2.65. The van der Waals surface area contributed by atoms with E-state index in [0.717, 1.165) is 25.1 Å². The largest absolute Gasteiger partial charge is 0.481 e. The lowest BCUT2D eigenvalue weighted by Crippen LogP contribution is -2.33. The average Bonchev–Trinajstić information content (AvgIpc) is 2.84. The molecule has 1 fully saturated rings. The minimum absolute atomic E-state index is 0.577. The molecule has 4 nitrogen and oxygen atoms in total.